The van der Waals surface area contributed by atoms with Crippen LogP contribution in [0.2, 0.25) is 0 Å². The van der Waals surface area contributed by atoms with Crippen molar-refractivity contribution in [1.29, 1.82) is 5.26 Å². The highest BCUT2D eigenvalue weighted by Gasteiger charge is 2.13. The largest absolute Gasteiger partial charge is 0.280 e. The van der Waals surface area contributed by atoms with Crippen molar-refractivity contribution in [3.8, 4) is 6.07 Å². The Morgan fingerprint density at radius 3 is 2.20 bits per heavy atom. The average molecular weight is 290 g/mol. The summed E-state index contributed by atoms with van der Waals surface area (Å²) < 4.78 is 39.2. The minimum Gasteiger partial charge on any atom is -0.280 e. The Labute approximate surface area is 116 Å². The zero-order chi connectivity index (χ0) is 14.6. The second kappa shape index (κ2) is 5.72. The molecule has 0 amide bonds. The Kier molecular flexibility index (Phi) is 4.01. The topological polar surface area (TPSA) is 70.0 Å². The van der Waals surface area contributed by atoms with E-state index in [-0.39, 0.29) is 11.3 Å². The zero-order valence-corrected chi connectivity index (χ0v) is 11.2. The van der Waals surface area contributed by atoms with Gasteiger partial charge in [-0.15, -0.1) is 0 Å². The summed E-state index contributed by atoms with van der Waals surface area (Å²) in [5, 5.41) is 8.55. The number of nitrogens with zero attached hydrogens (tertiary/aromatic N) is 1. The van der Waals surface area contributed by atoms with Gasteiger partial charge in [0, 0.05) is 5.69 Å². The zero-order valence-electron chi connectivity index (χ0n) is 10.4. The number of halogens is 1. The monoisotopic (exact) mass is 290 g/mol. The van der Waals surface area contributed by atoms with Crippen LogP contribution in [0.4, 0.5) is 10.1 Å². The number of rotatable bonds is 4. The fourth-order valence-electron chi connectivity index (χ4n) is 1.61. The van der Waals surface area contributed by atoms with Gasteiger partial charge >= 0.3 is 0 Å². The molecule has 0 unspecified atom stereocenters. The van der Waals surface area contributed by atoms with E-state index in [2.05, 4.69) is 4.72 Å². The Morgan fingerprint density at radius 2 is 1.65 bits per heavy atom. The Morgan fingerprint density at radius 1 is 1.05 bits per heavy atom. The van der Waals surface area contributed by atoms with Gasteiger partial charge in [0.1, 0.15) is 5.82 Å². The molecule has 0 fully saturated rings. The predicted molar refractivity (Wildman–Crippen MR) is 73.0 cm³/mol. The van der Waals surface area contributed by atoms with Crippen LogP contribution in [0.15, 0.2) is 53.4 Å². The molecule has 20 heavy (non-hydrogen) atoms. The number of anilines is 1. The first kappa shape index (κ1) is 14.0. The van der Waals surface area contributed by atoms with Gasteiger partial charge in [0.05, 0.1) is 17.4 Å². The summed E-state index contributed by atoms with van der Waals surface area (Å²) >= 11 is 0. The average Bonchev–Trinajstić information content (AvgIpc) is 2.41. The summed E-state index contributed by atoms with van der Waals surface area (Å²) in [5.41, 5.74) is 1.19. The Balaban J connectivity index is 2.20. The first-order valence-corrected chi connectivity index (χ1v) is 7.24. The number of benzene rings is 2. The maximum Gasteiger partial charge on any atom is 0.261 e. The molecule has 0 atom stereocenters. The van der Waals surface area contributed by atoms with Gasteiger partial charge in [-0.2, -0.15) is 5.26 Å². The molecule has 0 heterocycles. The number of sulfonamides is 1. The third-order valence-electron chi connectivity index (χ3n) is 2.61. The standard InChI is InChI=1S/C14H11FN2O2S/c15-12-3-7-14(8-4-12)20(18,19)17-13-5-1-11(2-6-13)9-10-16/h1-8,17H,9H2. The summed E-state index contributed by atoms with van der Waals surface area (Å²) in [6.07, 6.45) is 0.269. The molecule has 0 saturated heterocycles. The number of nitriles is 1. The first-order valence-electron chi connectivity index (χ1n) is 5.75. The summed E-state index contributed by atoms with van der Waals surface area (Å²) in [5.74, 6) is -0.496. The van der Waals surface area contributed by atoms with E-state index in [1.54, 1.807) is 24.3 Å². The molecule has 2 rings (SSSR count). The summed E-state index contributed by atoms with van der Waals surface area (Å²) in [7, 11) is -3.74. The van der Waals surface area contributed by atoms with Gasteiger partial charge in [-0.25, -0.2) is 12.8 Å². The molecule has 0 bridgehead atoms. The van der Waals surface area contributed by atoms with Crippen molar-refractivity contribution in [2.24, 2.45) is 0 Å². The maximum absolute atomic E-state index is 12.8. The van der Waals surface area contributed by atoms with Crippen molar-refractivity contribution >= 4 is 15.7 Å². The van der Waals surface area contributed by atoms with Gasteiger partial charge in [0.25, 0.3) is 10.0 Å². The minimum atomic E-state index is -3.74. The molecule has 4 nitrogen and oxygen atoms in total. The van der Waals surface area contributed by atoms with Gasteiger partial charge < -0.3 is 0 Å². The molecule has 0 spiro atoms. The van der Waals surface area contributed by atoms with Gasteiger partial charge in [0.2, 0.25) is 0 Å². The molecule has 0 aliphatic heterocycles. The Hall–Kier alpha value is -2.39. The van der Waals surface area contributed by atoms with Crippen LogP contribution in [0.25, 0.3) is 0 Å². The van der Waals surface area contributed by atoms with Crippen LogP contribution in [0.3, 0.4) is 0 Å². The lowest BCUT2D eigenvalue weighted by Gasteiger charge is -2.08. The second-order valence-corrected chi connectivity index (χ2v) is 5.77. The van der Waals surface area contributed by atoms with Crippen LogP contribution < -0.4 is 4.72 Å². The molecule has 0 aliphatic rings. The SMILES string of the molecule is N#CCc1ccc(NS(=O)(=O)c2ccc(F)cc2)cc1. The van der Waals surface area contributed by atoms with Crippen LogP contribution in [0.1, 0.15) is 5.56 Å². The summed E-state index contributed by atoms with van der Waals surface area (Å²) in [4.78, 5) is -0.0139. The highest BCUT2D eigenvalue weighted by atomic mass is 32.2. The van der Waals surface area contributed by atoms with E-state index in [0.717, 1.165) is 17.7 Å². The molecule has 0 aliphatic carbocycles. The minimum absolute atomic E-state index is 0.0139. The van der Waals surface area contributed by atoms with Gasteiger partial charge in [0.15, 0.2) is 0 Å². The van der Waals surface area contributed by atoms with Crippen LogP contribution in [-0.2, 0) is 16.4 Å². The van der Waals surface area contributed by atoms with Crippen molar-refractivity contribution in [2.75, 3.05) is 4.72 Å². The third-order valence-corrected chi connectivity index (χ3v) is 4.01. The van der Waals surface area contributed by atoms with Crippen LogP contribution in [0, 0.1) is 17.1 Å². The molecule has 0 saturated carbocycles. The molecule has 6 heteroatoms. The molecule has 0 radical (unpaired) electrons. The number of hydrogen-bond donors (Lipinski definition) is 1. The Bertz CT molecular complexity index is 732. The first-order chi connectivity index (χ1) is 9.51. The molecule has 2 aromatic rings. The van der Waals surface area contributed by atoms with Crippen LogP contribution in [-0.4, -0.2) is 8.42 Å². The van der Waals surface area contributed by atoms with E-state index in [1.807, 2.05) is 6.07 Å². The van der Waals surface area contributed by atoms with E-state index >= 15 is 0 Å². The van der Waals surface area contributed by atoms with E-state index in [0.29, 0.717) is 5.69 Å². The van der Waals surface area contributed by atoms with E-state index in [9.17, 15) is 12.8 Å². The molecule has 102 valence electrons. The fraction of sp³-hybridized carbons (Fsp3) is 0.0714. The lowest BCUT2D eigenvalue weighted by molar-refractivity contribution is 0.599. The second-order valence-electron chi connectivity index (χ2n) is 4.09. The highest BCUT2D eigenvalue weighted by molar-refractivity contribution is 7.92. The number of nitrogens with one attached hydrogen (secondary N) is 1. The van der Waals surface area contributed by atoms with Crippen molar-refractivity contribution in [3.05, 3.63) is 59.9 Å². The molecular formula is C14H11FN2O2S. The predicted octanol–water partition coefficient (Wildman–Crippen LogP) is 2.69. The van der Waals surface area contributed by atoms with Crippen molar-refractivity contribution in [3.63, 3.8) is 0 Å². The van der Waals surface area contributed by atoms with Gasteiger partial charge in [-0.3, -0.25) is 4.72 Å². The van der Waals surface area contributed by atoms with Crippen molar-refractivity contribution in [2.45, 2.75) is 11.3 Å². The molecule has 0 aromatic heterocycles. The van der Waals surface area contributed by atoms with Crippen LogP contribution >= 0.6 is 0 Å². The summed E-state index contributed by atoms with van der Waals surface area (Å²) in [6.45, 7) is 0. The third kappa shape index (κ3) is 3.33. The molecular weight excluding hydrogens is 279 g/mol. The highest BCUT2D eigenvalue weighted by Crippen LogP contribution is 2.17. The smallest absolute Gasteiger partial charge is 0.261 e. The van der Waals surface area contributed by atoms with E-state index in [1.165, 1.54) is 12.1 Å². The van der Waals surface area contributed by atoms with Crippen LogP contribution in [0.5, 0.6) is 0 Å². The molecule has 1 N–H and O–H groups in total. The summed E-state index contributed by atoms with van der Waals surface area (Å²) in [6, 6.07) is 13.1. The van der Waals surface area contributed by atoms with E-state index in [4.69, 9.17) is 5.26 Å². The van der Waals surface area contributed by atoms with E-state index < -0.39 is 15.8 Å². The quantitative estimate of drug-likeness (QED) is 0.941. The van der Waals surface area contributed by atoms with Crippen molar-refractivity contribution in [1.82, 2.24) is 0 Å². The fourth-order valence-corrected chi connectivity index (χ4v) is 2.67. The molecule has 2 aromatic carbocycles. The van der Waals surface area contributed by atoms with Gasteiger partial charge in [-0.05, 0) is 42.0 Å². The lowest BCUT2D eigenvalue weighted by Crippen LogP contribution is -2.12. The lowest BCUT2D eigenvalue weighted by atomic mass is 10.1. The maximum atomic E-state index is 12.8. The van der Waals surface area contributed by atoms with Crippen molar-refractivity contribution < 1.29 is 12.8 Å². The normalized spacial score (nSPS) is 10.8. The van der Waals surface area contributed by atoms with Gasteiger partial charge in [-0.1, -0.05) is 12.1 Å². The number of hydrogen-bond acceptors (Lipinski definition) is 3.